The summed E-state index contributed by atoms with van der Waals surface area (Å²) in [6.45, 7) is 5.25. The summed E-state index contributed by atoms with van der Waals surface area (Å²) in [5.41, 5.74) is 2.93. The van der Waals surface area contributed by atoms with Crippen LogP contribution in [0.2, 0.25) is 0 Å². The third-order valence-corrected chi connectivity index (χ3v) is 5.38. The second kappa shape index (κ2) is 7.17. The van der Waals surface area contributed by atoms with Crippen LogP contribution in [0, 0.1) is 0 Å². The summed E-state index contributed by atoms with van der Waals surface area (Å²) in [5, 5.41) is 25.8. The van der Waals surface area contributed by atoms with Crippen molar-refractivity contribution in [1.29, 1.82) is 0 Å². The van der Waals surface area contributed by atoms with Gasteiger partial charge >= 0.3 is 0 Å². The molecule has 2 aliphatic heterocycles. The van der Waals surface area contributed by atoms with Gasteiger partial charge in [0.15, 0.2) is 0 Å². The maximum atomic E-state index is 10.4. The van der Waals surface area contributed by atoms with E-state index in [4.69, 9.17) is 4.74 Å². The Bertz CT molecular complexity index is 945. The van der Waals surface area contributed by atoms with Crippen LogP contribution in [0.5, 0.6) is 5.75 Å². The Morgan fingerprint density at radius 2 is 2.07 bits per heavy atom. The molecule has 0 bridgehead atoms. The van der Waals surface area contributed by atoms with Crippen molar-refractivity contribution in [3.05, 3.63) is 36.8 Å². The van der Waals surface area contributed by atoms with E-state index in [0.29, 0.717) is 23.2 Å². The lowest BCUT2D eigenvalue weighted by Gasteiger charge is -2.43. The van der Waals surface area contributed by atoms with Gasteiger partial charge in [0.2, 0.25) is 5.95 Å². The number of anilines is 1. The molecule has 2 aliphatic rings. The second-order valence-corrected chi connectivity index (χ2v) is 7.07. The number of nitrogens with zero attached hydrogens (tertiary/aromatic N) is 6. The number of phenols is 1. The molecule has 1 aromatic carbocycles. The minimum atomic E-state index is 0.135. The van der Waals surface area contributed by atoms with Crippen LogP contribution in [0.1, 0.15) is 0 Å². The number of aromatic nitrogens is 5. The first-order valence-electron chi connectivity index (χ1n) is 9.37. The Kier molecular flexibility index (Phi) is 4.38. The number of H-pyrrole nitrogens is 1. The third-order valence-electron chi connectivity index (χ3n) is 5.38. The van der Waals surface area contributed by atoms with Crippen molar-refractivity contribution in [2.45, 2.75) is 6.04 Å². The van der Waals surface area contributed by atoms with Crippen molar-refractivity contribution in [2.24, 2.45) is 0 Å². The molecule has 2 saturated heterocycles. The number of morpholine rings is 1. The van der Waals surface area contributed by atoms with Gasteiger partial charge in [-0.3, -0.25) is 10.00 Å². The van der Waals surface area contributed by atoms with Gasteiger partial charge in [0.25, 0.3) is 0 Å². The molecule has 4 heterocycles. The van der Waals surface area contributed by atoms with E-state index >= 15 is 0 Å². The van der Waals surface area contributed by atoms with E-state index in [-0.39, 0.29) is 5.75 Å². The topological polar surface area (TPSA) is 103 Å². The quantitative estimate of drug-likeness (QED) is 0.699. The van der Waals surface area contributed by atoms with Crippen LogP contribution < -0.4 is 4.90 Å². The number of hydrogen-bond donors (Lipinski definition) is 2. The first-order valence-corrected chi connectivity index (χ1v) is 9.37. The normalized spacial score (nSPS) is 20.1. The van der Waals surface area contributed by atoms with Crippen LogP contribution in [0.15, 0.2) is 36.8 Å². The maximum absolute atomic E-state index is 10.4. The van der Waals surface area contributed by atoms with Crippen LogP contribution in [0.3, 0.4) is 0 Å². The predicted molar refractivity (Wildman–Crippen MR) is 103 cm³/mol. The van der Waals surface area contributed by atoms with Crippen LogP contribution in [0.4, 0.5) is 5.95 Å². The van der Waals surface area contributed by atoms with Crippen LogP contribution in [0.25, 0.3) is 22.4 Å². The molecular weight excluding hydrogens is 358 g/mol. The van der Waals surface area contributed by atoms with Gasteiger partial charge in [0.1, 0.15) is 11.4 Å². The van der Waals surface area contributed by atoms with Gasteiger partial charge < -0.3 is 14.7 Å². The number of fused-ring (bicyclic) bond motifs is 1. The molecule has 2 N–H and O–H groups in total. The van der Waals surface area contributed by atoms with Crippen molar-refractivity contribution in [1.82, 2.24) is 30.3 Å². The largest absolute Gasteiger partial charge is 0.507 e. The van der Waals surface area contributed by atoms with Crippen molar-refractivity contribution in [2.75, 3.05) is 44.3 Å². The fourth-order valence-electron chi connectivity index (χ4n) is 3.80. The molecular formula is C19H21N7O2. The number of piperazine rings is 1. The molecule has 0 saturated carbocycles. The van der Waals surface area contributed by atoms with Crippen molar-refractivity contribution in [3.63, 3.8) is 0 Å². The summed E-state index contributed by atoms with van der Waals surface area (Å²) in [6, 6.07) is 5.81. The molecule has 0 aliphatic carbocycles. The van der Waals surface area contributed by atoms with Crippen molar-refractivity contribution in [3.8, 4) is 28.1 Å². The Morgan fingerprint density at radius 3 is 2.86 bits per heavy atom. The van der Waals surface area contributed by atoms with E-state index in [2.05, 4.69) is 35.2 Å². The molecule has 3 aromatic rings. The SMILES string of the molecule is Oc1cc(-c2cn[nH]c2)ccc1-c1cnc(N2CCN3CCOCC3C2)nn1. The first kappa shape index (κ1) is 17.1. The number of aromatic hydroxyl groups is 1. The Labute approximate surface area is 162 Å². The van der Waals surface area contributed by atoms with Crippen molar-refractivity contribution < 1.29 is 9.84 Å². The molecule has 2 fully saturated rings. The number of hydrogen-bond acceptors (Lipinski definition) is 8. The standard InChI is InChI=1S/C19H21N7O2/c27-18-7-13(14-8-21-22-9-14)1-2-16(18)17-10-20-19(24-23-17)26-4-3-25-5-6-28-12-15(25)11-26/h1-2,7-10,15,27H,3-6,11-12H2,(H,21,22). The molecule has 144 valence electrons. The summed E-state index contributed by atoms with van der Waals surface area (Å²) >= 11 is 0. The van der Waals surface area contributed by atoms with Gasteiger partial charge in [-0.15, -0.1) is 10.2 Å². The van der Waals surface area contributed by atoms with Gasteiger partial charge in [0.05, 0.1) is 31.6 Å². The fraction of sp³-hybridized carbons (Fsp3) is 0.368. The maximum Gasteiger partial charge on any atom is 0.245 e. The summed E-state index contributed by atoms with van der Waals surface area (Å²) in [5.74, 6) is 0.749. The minimum Gasteiger partial charge on any atom is -0.507 e. The van der Waals surface area contributed by atoms with Crippen LogP contribution in [-0.4, -0.2) is 80.8 Å². The van der Waals surface area contributed by atoms with E-state index in [1.165, 1.54) is 0 Å². The zero-order chi connectivity index (χ0) is 18.9. The highest BCUT2D eigenvalue weighted by Crippen LogP contribution is 2.32. The Hall–Kier alpha value is -3.04. The van der Waals surface area contributed by atoms with E-state index < -0.39 is 0 Å². The summed E-state index contributed by atoms with van der Waals surface area (Å²) in [6.07, 6.45) is 5.15. The average Bonchev–Trinajstić information content (AvgIpc) is 3.28. The Morgan fingerprint density at radius 1 is 1.11 bits per heavy atom. The number of benzene rings is 1. The molecule has 0 radical (unpaired) electrons. The highest BCUT2D eigenvalue weighted by Gasteiger charge is 2.30. The zero-order valence-electron chi connectivity index (χ0n) is 15.3. The molecule has 1 atom stereocenters. The third kappa shape index (κ3) is 3.19. The van der Waals surface area contributed by atoms with Crippen LogP contribution >= 0.6 is 0 Å². The van der Waals surface area contributed by atoms with Gasteiger partial charge in [-0.1, -0.05) is 6.07 Å². The van der Waals surface area contributed by atoms with E-state index in [1.807, 2.05) is 12.1 Å². The molecule has 5 rings (SSSR count). The highest BCUT2D eigenvalue weighted by atomic mass is 16.5. The molecule has 1 unspecified atom stereocenters. The van der Waals surface area contributed by atoms with Gasteiger partial charge in [-0.05, 0) is 17.7 Å². The average molecular weight is 379 g/mol. The molecule has 28 heavy (non-hydrogen) atoms. The zero-order valence-corrected chi connectivity index (χ0v) is 15.3. The van der Waals surface area contributed by atoms with E-state index in [9.17, 15) is 5.11 Å². The van der Waals surface area contributed by atoms with Crippen LogP contribution in [-0.2, 0) is 4.74 Å². The number of ether oxygens (including phenoxy) is 1. The predicted octanol–water partition coefficient (Wildman–Crippen LogP) is 1.16. The molecule has 2 aromatic heterocycles. The van der Waals surface area contributed by atoms with Gasteiger partial charge in [0, 0.05) is 43.5 Å². The smallest absolute Gasteiger partial charge is 0.245 e. The first-order chi connectivity index (χ1) is 13.8. The minimum absolute atomic E-state index is 0.135. The number of phenolic OH excluding ortho intramolecular Hbond substituents is 1. The number of aromatic amines is 1. The molecule has 9 nitrogen and oxygen atoms in total. The molecule has 9 heteroatoms. The molecule has 0 spiro atoms. The Balaban J connectivity index is 1.34. The van der Waals surface area contributed by atoms with Gasteiger partial charge in [-0.25, -0.2) is 4.98 Å². The van der Waals surface area contributed by atoms with E-state index in [0.717, 1.165) is 50.5 Å². The van der Waals surface area contributed by atoms with Gasteiger partial charge in [-0.2, -0.15) is 5.10 Å². The van der Waals surface area contributed by atoms with Crippen molar-refractivity contribution >= 4 is 5.95 Å². The number of rotatable bonds is 3. The summed E-state index contributed by atoms with van der Waals surface area (Å²) < 4.78 is 5.59. The van der Waals surface area contributed by atoms with E-state index in [1.54, 1.807) is 24.7 Å². The highest BCUT2D eigenvalue weighted by molar-refractivity contribution is 5.73. The molecule has 0 amide bonds. The number of nitrogens with one attached hydrogen (secondary N) is 1. The lowest BCUT2D eigenvalue weighted by Crippen LogP contribution is -2.58. The fourth-order valence-corrected chi connectivity index (χ4v) is 3.80. The summed E-state index contributed by atoms with van der Waals surface area (Å²) in [7, 11) is 0. The monoisotopic (exact) mass is 379 g/mol. The second-order valence-electron chi connectivity index (χ2n) is 7.07. The summed E-state index contributed by atoms with van der Waals surface area (Å²) in [4.78, 5) is 9.10. The lowest BCUT2D eigenvalue weighted by atomic mass is 10.0. The lowest BCUT2D eigenvalue weighted by molar-refractivity contribution is -0.0119.